The molecule has 0 saturated heterocycles. The fourth-order valence-electron chi connectivity index (χ4n) is 2.86. The Morgan fingerprint density at radius 2 is 2.29 bits per heavy atom. The predicted octanol–water partition coefficient (Wildman–Crippen LogP) is 3.43. The number of ether oxygens (including phenoxy) is 1. The standard InChI is InChI=1S/C15H17ClN2O2S/c1-20-11-4-2-3-10(11)18-15(19)14-13(17)9-7-8(16)5-6-12(9)21-14/h5-7,10-11H,2-4,17H2,1H3,(H,18,19). The van der Waals surface area contributed by atoms with Crippen molar-refractivity contribution in [3.8, 4) is 0 Å². The van der Waals surface area contributed by atoms with Crippen molar-refractivity contribution in [2.45, 2.75) is 31.4 Å². The van der Waals surface area contributed by atoms with Crippen LogP contribution in [0.25, 0.3) is 10.1 Å². The molecule has 1 fully saturated rings. The van der Waals surface area contributed by atoms with Crippen molar-refractivity contribution in [2.24, 2.45) is 0 Å². The molecule has 3 rings (SSSR count). The Bertz CT molecular complexity index is 686. The number of rotatable bonds is 3. The smallest absolute Gasteiger partial charge is 0.263 e. The van der Waals surface area contributed by atoms with Crippen molar-refractivity contribution in [2.75, 3.05) is 12.8 Å². The van der Waals surface area contributed by atoms with Gasteiger partial charge in [0.05, 0.1) is 17.8 Å². The summed E-state index contributed by atoms with van der Waals surface area (Å²) in [6.45, 7) is 0. The van der Waals surface area contributed by atoms with E-state index in [2.05, 4.69) is 5.32 Å². The quantitative estimate of drug-likeness (QED) is 0.909. The number of carbonyl (C=O) groups is 1. The Labute approximate surface area is 132 Å². The Morgan fingerprint density at radius 3 is 3.05 bits per heavy atom. The van der Waals surface area contributed by atoms with Crippen LogP contribution in [0.5, 0.6) is 0 Å². The van der Waals surface area contributed by atoms with E-state index in [0.717, 1.165) is 29.3 Å². The van der Waals surface area contributed by atoms with Gasteiger partial charge in [-0.05, 0) is 37.5 Å². The third-order valence-corrected chi connectivity index (χ3v) is 5.39. The molecule has 1 amide bonds. The second kappa shape index (κ2) is 5.83. The number of amides is 1. The summed E-state index contributed by atoms with van der Waals surface area (Å²) in [7, 11) is 1.69. The molecule has 1 aliphatic rings. The van der Waals surface area contributed by atoms with Gasteiger partial charge < -0.3 is 15.8 Å². The van der Waals surface area contributed by atoms with E-state index in [-0.39, 0.29) is 18.1 Å². The third kappa shape index (κ3) is 2.73. The minimum atomic E-state index is -0.126. The summed E-state index contributed by atoms with van der Waals surface area (Å²) in [4.78, 5) is 13.0. The number of carbonyl (C=O) groups excluding carboxylic acids is 1. The van der Waals surface area contributed by atoms with Gasteiger partial charge in [-0.1, -0.05) is 11.6 Å². The van der Waals surface area contributed by atoms with Crippen LogP contribution in [-0.2, 0) is 4.74 Å². The van der Waals surface area contributed by atoms with E-state index in [1.165, 1.54) is 11.3 Å². The molecule has 21 heavy (non-hydrogen) atoms. The van der Waals surface area contributed by atoms with Gasteiger partial charge in [0.15, 0.2) is 0 Å². The molecule has 0 aliphatic heterocycles. The second-order valence-electron chi connectivity index (χ2n) is 5.27. The molecule has 0 spiro atoms. The van der Waals surface area contributed by atoms with E-state index in [4.69, 9.17) is 22.1 Å². The van der Waals surface area contributed by atoms with E-state index in [1.54, 1.807) is 19.2 Å². The number of anilines is 1. The van der Waals surface area contributed by atoms with E-state index in [9.17, 15) is 4.79 Å². The van der Waals surface area contributed by atoms with Crippen LogP contribution in [0, 0.1) is 0 Å². The van der Waals surface area contributed by atoms with Gasteiger partial charge in [-0.15, -0.1) is 11.3 Å². The van der Waals surface area contributed by atoms with Crippen molar-refractivity contribution >= 4 is 44.6 Å². The van der Waals surface area contributed by atoms with E-state index < -0.39 is 0 Å². The Kier molecular flexibility index (Phi) is 4.06. The number of halogens is 1. The van der Waals surface area contributed by atoms with Crippen LogP contribution in [0.2, 0.25) is 5.02 Å². The van der Waals surface area contributed by atoms with Gasteiger partial charge in [0.2, 0.25) is 0 Å². The molecule has 0 bridgehead atoms. The fourth-order valence-corrected chi connectivity index (χ4v) is 4.04. The summed E-state index contributed by atoms with van der Waals surface area (Å²) >= 11 is 7.38. The Balaban J connectivity index is 1.86. The first-order valence-electron chi connectivity index (χ1n) is 6.91. The summed E-state index contributed by atoms with van der Waals surface area (Å²) in [5.74, 6) is -0.126. The molecule has 1 aromatic carbocycles. The molecule has 3 N–H and O–H groups in total. The highest BCUT2D eigenvalue weighted by Crippen LogP contribution is 2.35. The number of fused-ring (bicyclic) bond motifs is 1. The lowest BCUT2D eigenvalue weighted by Crippen LogP contribution is -2.40. The molecule has 112 valence electrons. The van der Waals surface area contributed by atoms with Gasteiger partial charge in [-0.3, -0.25) is 4.79 Å². The maximum absolute atomic E-state index is 12.5. The SMILES string of the molecule is COC1CCCC1NC(=O)c1sc2ccc(Cl)cc2c1N. The molecule has 2 unspecified atom stereocenters. The summed E-state index contributed by atoms with van der Waals surface area (Å²) in [5.41, 5.74) is 6.61. The lowest BCUT2D eigenvalue weighted by molar-refractivity contribution is 0.0725. The highest BCUT2D eigenvalue weighted by atomic mass is 35.5. The van der Waals surface area contributed by atoms with Crippen LogP contribution in [0.1, 0.15) is 28.9 Å². The number of methoxy groups -OCH3 is 1. The molecule has 4 nitrogen and oxygen atoms in total. The molecule has 1 aromatic heterocycles. The van der Waals surface area contributed by atoms with Crippen LogP contribution in [0.4, 0.5) is 5.69 Å². The highest BCUT2D eigenvalue weighted by Gasteiger charge is 2.29. The summed E-state index contributed by atoms with van der Waals surface area (Å²) < 4.78 is 6.37. The average Bonchev–Trinajstić information content (AvgIpc) is 3.04. The lowest BCUT2D eigenvalue weighted by atomic mass is 10.2. The van der Waals surface area contributed by atoms with Crippen molar-refractivity contribution in [3.63, 3.8) is 0 Å². The van der Waals surface area contributed by atoms with E-state index in [0.29, 0.717) is 15.6 Å². The first kappa shape index (κ1) is 14.6. The molecule has 2 aromatic rings. The maximum atomic E-state index is 12.5. The minimum Gasteiger partial charge on any atom is -0.397 e. The first-order valence-corrected chi connectivity index (χ1v) is 8.10. The summed E-state index contributed by atoms with van der Waals surface area (Å²) in [5, 5.41) is 4.51. The third-order valence-electron chi connectivity index (χ3n) is 3.97. The van der Waals surface area contributed by atoms with Gasteiger partial charge in [0.25, 0.3) is 5.91 Å². The van der Waals surface area contributed by atoms with Crippen LogP contribution < -0.4 is 11.1 Å². The monoisotopic (exact) mass is 324 g/mol. The van der Waals surface area contributed by atoms with Gasteiger partial charge >= 0.3 is 0 Å². The topological polar surface area (TPSA) is 64.3 Å². The molecule has 1 saturated carbocycles. The van der Waals surface area contributed by atoms with Crippen molar-refractivity contribution in [1.82, 2.24) is 5.32 Å². The molecule has 0 radical (unpaired) electrons. The van der Waals surface area contributed by atoms with E-state index >= 15 is 0 Å². The largest absolute Gasteiger partial charge is 0.397 e. The van der Waals surface area contributed by atoms with Gasteiger partial charge in [0, 0.05) is 22.2 Å². The van der Waals surface area contributed by atoms with Crippen LogP contribution in [-0.4, -0.2) is 25.2 Å². The predicted molar refractivity (Wildman–Crippen MR) is 87.1 cm³/mol. The van der Waals surface area contributed by atoms with Crippen molar-refractivity contribution in [1.29, 1.82) is 0 Å². The zero-order chi connectivity index (χ0) is 15.0. The molecule has 2 atom stereocenters. The maximum Gasteiger partial charge on any atom is 0.263 e. The number of hydrogen-bond donors (Lipinski definition) is 2. The first-order chi connectivity index (χ1) is 10.1. The molecule has 6 heteroatoms. The van der Waals surface area contributed by atoms with Crippen molar-refractivity contribution in [3.05, 3.63) is 28.1 Å². The van der Waals surface area contributed by atoms with Gasteiger partial charge in [-0.25, -0.2) is 0 Å². The van der Waals surface area contributed by atoms with Gasteiger partial charge in [-0.2, -0.15) is 0 Å². The van der Waals surface area contributed by atoms with Crippen LogP contribution in [0.15, 0.2) is 18.2 Å². The Hall–Kier alpha value is -1.30. The number of benzene rings is 1. The minimum absolute atomic E-state index is 0.0655. The number of hydrogen-bond acceptors (Lipinski definition) is 4. The zero-order valence-electron chi connectivity index (χ0n) is 11.7. The van der Waals surface area contributed by atoms with Gasteiger partial charge in [0.1, 0.15) is 4.88 Å². The van der Waals surface area contributed by atoms with E-state index in [1.807, 2.05) is 6.07 Å². The normalized spacial score (nSPS) is 21.8. The van der Waals surface area contributed by atoms with Crippen molar-refractivity contribution < 1.29 is 9.53 Å². The number of nitrogen functional groups attached to an aromatic ring is 1. The Morgan fingerprint density at radius 1 is 1.48 bits per heavy atom. The molecule has 1 aliphatic carbocycles. The number of nitrogens with two attached hydrogens (primary N) is 1. The summed E-state index contributed by atoms with van der Waals surface area (Å²) in [6, 6.07) is 5.56. The average molecular weight is 325 g/mol. The molecular formula is C15H17ClN2O2S. The van der Waals surface area contributed by atoms with Crippen LogP contribution in [0.3, 0.4) is 0 Å². The molecule has 1 heterocycles. The zero-order valence-corrected chi connectivity index (χ0v) is 13.3. The summed E-state index contributed by atoms with van der Waals surface area (Å²) in [6.07, 6.45) is 3.10. The fraction of sp³-hybridized carbons (Fsp3) is 0.400. The molecular weight excluding hydrogens is 308 g/mol. The highest BCUT2D eigenvalue weighted by molar-refractivity contribution is 7.21. The lowest BCUT2D eigenvalue weighted by Gasteiger charge is -2.19. The second-order valence-corrected chi connectivity index (χ2v) is 6.76. The number of thiophene rings is 1. The number of nitrogens with one attached hydrogen (secondary N) is 1. The van der Waals surface area contributed by atoms with Crippen LogP contribution >= 0.6 is 22.9 Å².